The van der Waals surface area contributed by atoms with Crippen molar-refractivity contribution in [1.82, 2.24) is 0 Å². The van der Waals surface area contributed by atoms with Crippen molar-refractivity contribution in [2.24, 2.45) is 0 Å². The van der Waals surface area contributed by atoms with Crippen LogP contribution in [-0.2, 0) is 4.74 Å². The van der Waals surface area contributed by atoms with Crippen molar-refractivity contribution in [2.45, 2.75) is 0 Å². The molecule has 7 nitrogen and oxygen atoms in total. The fourth-order valence-corrected chi connectivity index (χ4v) is 1.06. The van der Waals surface area contributed by atoms with Gasteiger partial charge in [0.25, 0.3) is 5.69 Å². The molecule has 1 aromatic rings. The molecule has 0 saturated carbocycles. The Morgan fingerprint density at radius 3 is 2.81 bits per heavy atom. The van der Waals surface area contributed by atoms with E-state index in [1.807, 2.05) is 0 Å². The van der Waals surface area contributed by atoms with Crippen LogP contribution in [0.5, 0.6) is 11.5 Å². The summed E-state index contributed by atoms with van der Waals surface area (Å²) in [5, 5.41) is 20.2. The summed E-state index contributed by atoms with van der Waals surface area (Å²) in [6.07, 6.45) is 0. The maximum Gasteiger partial charge on any atom is 0.345 e. The van der Waals surface area contributed by atoms with Crippen molar-refractivity contribution in [2.75, 3.05) is 14.1 Å². The molecule has 0 radical (unpaired) electrons. The number of carbonyl (C=O) groups excluding carboxylic acids is 1. The predicted molar refractivity (Wildman–Crippen MR) is 52.7 cm³/mol. The summed E-state index contributed by atoms with van der Waals surface area (Å²) in [4.78, 5) is 21.2. The number of hydrogen-bond acceptors (Lipinski definition) is 6. The average Bonchev–Trinajstić information content (AvgIpc) is 2.28. The second-order valence-corrected chi connectivity index (χ2v) is 2.69. The molecule has 1 rings (SSSR count). The lowest BCUT2D eigenvalue weighted by Gasteiger charge is -2.06. The molecule has 16 heavy (non-hydrogen) atoms. The van der Waals surface area contributed by atoms with Crippen molar-refractivity contribution in [3.05, 3.63) is 27.8 Å². The number of nitro groups is 1. The maximum absolute atomic E-state index is 11.4. The van der Waals surface area contributed by atoms with Gasteiger partial charge in [-0.05, 0) is 0 Å². The summed E-state index contributed by atoms with van der Waals surface area (Å²) in [7, 11) is -1.87. The van der Waals surface area contributed by atoms with Gasteiger partial charge in [-0.2, -0.15) is 0 Å². The van der Waals surface area contributed by atoms with Crippen LogP contribution in [0.3, 0.4) is 0 Å². The third kappa shape index (κ3) is 2.02. The molecule has 0 spiro atoms. The van der Waals surface area contributed by atoms with Gasteiger partial charge in [0.05, 0.1) is 29.2 Å². The number of esters is 1. The molecule has 86 valence electrons. The van der Waals surface area contributed by atoms with E-state index < -0.39 is 40.7 Å². The predicted octanol–water partition coefficient (Wildman–Crippen LogP) is 1.10. The molecule has 0 fully saturated rings. The van der Waals surface area contributed by atoms with E-state index in [0.717, 1.165) is 13.2 Å². The highest BCUT2D eigenvalue weighted by atomic mass is 16.6. The van der Waals surface area contributed by atoms with Gasteiger partial charge in [0.1, 0.15) is 5.56 Å². The molecule has 0 aliphatic carbocycles. The van der Waals surface area contributed by atoms with Crippen LogP contribution in [0.15, 0.2) is 12.1 Å². The quantitative estimate of drug-likeness (QED) is 0.474. The summed E-state index contributed by atoms with van der Waals surface area (Å²) >= 11 is 0. The topological polar surface area (TPSA) is 98.9 Å². The van der Waals surface area contributed by atoms with Crippen molar-refractivity contribution in [1.29, 1.82) is 0 Å². The first-order chi connectivity index (χ1) is 8.65. The third-order valence-corrected chi connectivity index (χ3v) is 1.79. The first-order valence-electron chi connectivity index (χ1n) is 5.44. The highest BCUT2D eigenvalue weighted by molar-refractivity contribution is 5.94. The van der Waals surface area contributed by atoms with E-state index in [4.69, 9.17) is 4.11 Å². The van der Waals surface area contributed by atoms with Crippen LogP contribution in [0.2, 0.25) is 0 Å². The largest absolute Gasteiger partial charge is 0.504 e. The Kier molecular flexibility index (Phi) is 2.21. The number of benzene rings is 1. The fourth-order valence-electron chi connectivity index (χ4n) is 1.06. The number of phenolic OH excluding ortho intramolecular Hbond substituents is 1. The van der Waals surface area contributed by atoms with Gasteiger partial charge in [-0.3, -0.25) is 10.1 Å². The zero-order valence-electron chi connectivity index (χ0n) is 11.1. The van der Waals surface area contributed by atoms with E-state index >= 15 is 0 Å². The van der Waals surface area contributed by atoms with Crippen LogP contribution in [0, 0.1) is 10.1 Å². The van der Waals surface area contributed by atoms with Gasteiger partial charge in [0.15, 0.2) is 11.5 Å². The van der Waals surface area contributed by atoms with E-state index in [-0.39, 0.29) is 0 Å². The summed E-state index contributed by atoms with van der Waals surface area (Å²) < 4.78 is 29.4. The van der Waals surface area contributed by atoms with Gasteiger partial charge in [-0.1, -0.05) is 0 Å². The molecule has 0 amide bonds. The number of aromatic hydroxyl groups is 1. The van der Waals surface area contributed by atoms with E-state index in [9.17, 15) is 20.0 Å². The third-order valence-electron chi connectivity index (χ3n) is 1.79. The van der Waals surface area contributed by atoms with Crippen molar-refractivity contribution < 1.29 is 28.4 Å². The van der Waals surface area contributed by atoms with Crippen molar-refractivity contribution >= 4 is 11.7 Å². The smallest absolute Gasteiger partial charge is 0.345 e. The minimum atomic E-state index is -2.87. The number of carbonyl (C=O) groups is 1. The molecule has 0 saturated heterocycles. The van der Waals surface area contributed by atoms with Gasteiger partial charge < -0.3 is 14.6 Å². The number of ether oxygens (including phenoxy) is 2. The monoisotopic (exact) mass is 230 g/mol. The number of nitrogens with zero attached hydrogens (tertiary/aromatic N) is 1. The van der Waals surface area contributed by atoms with Crippen molar-refractivity contribution in [3.63, 3.8) is 0 Å². The molecular weight excluding hydrogens is 218 g/mol. The molecular formula is C9H9NO6. The SMILES string of the molecule is [2H]C([2H])([2H])Oc1cc(C(=O)OC)c([N+](=O)[O-])cc1O. The molecule has 0 aliphatic rings. The second kappa shape index (κ2) is 4.47. The minimum absolute atomic E-state index is 0.524. The number of phenols is 1. The molecule has 0 bridgehead atoms. The minimum Gasteiger partial charge on any atom is -0.504 e. The van der Waals surface area contributed by atoms with Gasteiger partial charge >= 0.3 is 5.97 Å². The molecule has 0 unspecified atom stereocenters. The lowest BCUT2D eigenvalue weighted by Crippen LogP contribution is -2.06. The van der Waals surface area contributed by atoms with Gasteiger partial charge in [-0.25, -0.2) is 4.79 Å². The summed E-state index contributed by atoms with van der Waals surface area (Å²) in [5.41, 5.74) is -1.24. The number of hydrogen-bond donors (Lipinski definition) is 1. The molecule has 7 heteroatoms. The maximum atomic E-state index is 11.4. The van der Waals surface area contributed by atoms with Crippen LogP contribution in [-0.4, -0.2) is 30.1 Å². The Bertz CT molecular complexity index is 527. The highest BCUT2D eigenvalue weighted by Crippen LogP contribution is 2.33. The van der Waals surface area contributed by atoms with Crippen LogP contribution in [0.4, 0.5) is 5.69 Å². The zero-order valence-corrected chi connectivity index (χ0v) is 8.09. The fraction of sp³-hybridized carbons (Fsp3) is 0.222. The standard InChI is InChI=1S/C9H9NO6/c1-15-8-3-5(9(12)16-2)6(10(13)14)4-7(8)11/h3-4,11H,1-2H3/i1D3. The van der Waals surface area contributed by atoms with Gasteiger partial charge in [-0.15, -0.1) is 0 Å². The van der Waals surface area contributed by atoms with Gasteiger partial charge in [0.2, 0.25) is 0 Å². The lowest BCUT2D eigenvalue weighted by atomic mass is 10.1. The molecule has 1 aromatic carbocycles. The van der Waals surface area contributed by atoms with Crippen LogP contribution in [0.1, 0.15) is 14.5 Å². The van der Waals surface area contributed by atoms with Crippen LogP contribution in [0.25, 0.3) is 0 Å². The van der Waals surface area contributed by atoms with Gasteiger partial charge in [0, 0.05) is 6.07 Å². The number of methoxy groups -OCH3 is 2. The molecule has 0 aromatic heterocycles. The van der Waals surface area contributed by atoms with Crippen LogP contribution < -0.4 is 4.74 Å². The van der Waals surface area contributed by atoms with Crippen molar-refractivity contribution in [3.8, 4) is 11.5 Å². The molecule has 0 aliphatic heterocycles. The summed E-state index contributed by atoms with van der Waals surface area (Å²) in [5.74, 6) is -2.40. The summed E-state index contributed by atoms with van der Waals surface area (Å²) in [6, 6.07) is 1.36. The average molecular weight is 230 g/mol. The first-order valence-corrected chi connectivity index (χ1v) is 3.94. The van der Waals surface area contributed by atoms with E-state index in [1.54, 1.807) is 0 Å². The molecule has 0 atom stereocenters. The second-order valence-electron chi connectivity index (χ2n) is 2.69. The van der Waals surface area contributed by atoms with E-state index in [2.05, 4.69) is 9.47 Å². The van der Waals surface area contributed by atoms with E-state index in [0.29, 0.717) is 6.07 Å². The Hall–Kier alpha value is -2.31. The summed E-state index contributed by atoms with van der Waals surface area (Å²) in [6.45, 7) is 0. The Morgan fingerprint density at radius 1 is 1.62 bits per heavy atom. The van der Waals surface area contributed by atoms with Crippen LogP contribution >= 0.6 is 0 Å². The zero-order chi connectivity index (χ0) is 14.8. The number of nitro benzene ring substituents is 1. The first kappa shape index (κ1) is 7.91. The number of rotatable bonds is 3. The Morgan fingerprint density at radius 2 is 2.31 bits per heavy atom. The molecule has 0 heterocycles. The molecule has 1 N–H and O–H groups in total. The highest BCUT2D eigenvalue weighted by Gasteiger charge is 2.24. The Labute approximate surface area is 94.6 Å². The lowest BCUT2D eigenvalue weighted by molar-refractivity contribution is -0.385. The Balaban J connectivity index is 3.38. The normalized spacial score (nSPS) is 13.2. The van der Waals surface area contributed by atoms with E-state index in [1.165, 1.54) is 0 Å².